The van der Waals surface area contributed by atoms with Gasteiger partial charge in [-0.2, -0.15) is 0 Å². The van der Waals surface area contributed by atoms with Crippen LogP contribution >= 0.6 is 0 Å². The quantitative estimate of drug-likeness (QED) is 0.561. The van der Waals surface area contributed by atoms with Crippen molar-refractivity contribution in [1.82, 2.24) is 9.80 Å². The van der Waals surface area contributed by atoms with Gasteiger partial charge in [0.15, 0.2) is 0 Å². The van der Waals surface area contributed by atoms with Crippen molar-refractivity contribution in [1.29, 1.82) is 0 Å². The molecule has 0 aliphatic carbocycles. The number of aliphatic carboxylic acids is 1. The third-order valence-electron chi connectivity index (χ3n) is 6.93. The van der Waals surface area contributed by atoms with E-state index in [0.29, 0.717) is 19.4 Å². The summed E-state index contributed by atoms with van der Waals surface area (Å²) in [5.41, 5.74) is -1.74. The van der Waals surface area contributed by atoms with E-state index < -0.39 is 47.0 Å². The summed E-state index contributed by atoms with van der Waals surface area (Å²) in [6.07, 6.45) is 2.78. The van der Waals surface area contributed by atoms with Gasteiger partial charge in [0.05, 0.1) is 24.5 Å². The first-order chi connectivity index (χ1) is 14.3. The number of rotatable bonds is 8. The lowest BCUT2D eigenvalue weighted by Crippen LogP contribution is -2.61. The number of ether oxygens (including phenoxy) is 1. The van der Waals surface area contributed by atoms with Crippen LogP contribution < -0.4 is 0 Å². The Kier molecular flexibility index (Phi) is 6.04. The molecule has 3 aliphatic rings. The number of aliphatic hydroxyl groups is 1. The maximum absolute atomic E-state index is 14.1. The number of fused-ring (bicyclic) bond motifs is 1. The van der Waals surface area contributed by atoms with Crippen molar-refractivity contribution < 1.29 is 29.3 Å². The Morgan fingerprint density at radius 2 is 1.97 bits per heavy atom. The van der Waals surface area contributed by atoms with Crippen LogP contribution in [0.15, 0.2) is 12.7 Å². The summed E-state index contributed by atoms with van der Waals surface area (Å²) < 4.78 is 6.18. The summed E-state index contributed by atoms with van der Waals surface area (Å²) in [5.74, 6) is -3.62. The molecule has 2 unspecified atom stereocenters. The van der Waals surface area contributed by atoms with E-state index in [1.807, 2.05) is 13.8 Å². The van der Waals surface area contributed by atoms with Crippen LogP contribution in [0.3, 0.4) is 0 Å². The molecule has 3 fully saturated rings. The first kappa shape index (κ1) is 23.7. The Labute approximate surface area is 184 Å². The highest BCUT2D eigenvalue weighted by atomic mass is 16.5. The van der Waals surface area contributed by atoms with E-state index in [1.165, 1.54) is 4.90 Å². The van der Waals surface area contributed by atoms with Crippen LogP contribution in [0.5, 0.6) is 0 Å². The van der Waals surface area contributed by atoms with Gasteiger partial charge in [-0.15, -0.1) is 6.58 Å². The monoisotopic (exact) mass is 436 g/mol. The molecular formula is C23H36N2O6. The number of nitrogens with zero attached hydrogens (tertiary/aromatic N) is 2. The lowest BCUT2D eigenvalue weighted by molar-refractivity contribution is -0.153. The van der Waals surface area contributed by atoms with E-state index in [-0.39, 0.29) is 24.5 Å². The number of aliphatic hydroxyl groups excluding tert-OH is 1. The van der Waals surface area contributed by atoms with Crippen molar-refractivity contribution >= 4 is 17.8 Å². The Morgan fingerprint density at radius 1 is 1.32 bits per heavy atom. The van der Waals surface area contributed by atoms with Gasteiger partial charge < -0.3 is 24.7 Å². The smallest absolute Gasteiger partial charge is 0.310 e. The molecule has 3 aliphatic heterocycles. The highest BCUT2D eigenvalue weighted by Crippen LogP contribution is 2.58. The first-order valence-electron chi connectivity index (χ1n) is 11.0. The fourth-order valence-electron chi connectivity index (χ4n) is 6.37. The average molecular weight is 437 g/mol. The molecule has 8 heteroatoms. The number of carboxylic acids is 1. The van der Waals surface area contributed by atoms with E-state index >= 15 is 0 Å². The minimum Gasteiger partial charge on any atom is -0.481 e. The third-order valence-corrected chi connectivity index (χ3v) is 6.93. The molecule has 1 spiro atoms. The zero-order valence-corrected chi connectivity index (χ0v) is 19.3. The highest BCUT2D eigenvalue weighted by Gasteiger charge is 2.75. The topological polar surface area (TPSA) is 107 Å². The zero-order valence-electron chi connectivity index (χ0n) is 19.3. The third kappa shape index (κ3) is 3.78. The van der Waals surface area contributed by atoms with Crippen molar-refractivity contribution in [3.05, 3.63) is 12.7 Å². The summed E-state index contributed by atoms with van der Waals surface area (Å²) in [7, 11) is 0. The number of carbonyl (C=O) groups is 3. The fraction of sp³-hybridized carbons (Fsp3) is 0.783. The summed E-state index contributed by atoms with van der Waals surface area (Å²) in [4.78, 5) is 42.5. The SMILES string of the molecule is C=CCN(C(=O)C1N(CCO)C(=O)[C@@H]2[C@@H](C(=O)O)[C@H]3CCC12O3)C(C)(C)CC(C)(C)C. The molecule has 3 rings (SSSR count). The molecule has 2 N–H and O–H groups in total. The summed E-state index contributed by atoms with van der Waals surface area (Å²) in [6, 6.07) is -0.953. The molecule has 3 saturated heterocycles. The fourth-order valence-corrected chi connectivity index (χ4v) is 6.37. The van der Waals surface area contributed by atoms with Crippen LogP contribution in [0.2, 0.25) is 0 Å². The second-order valence-corrected chi connectivity index (χ2v) is 10.9. The first-order valence-corrected chi connectivity index (χ1v) is 11.0. The summed E-state index contributed by atoms with van der Waals surface area (Å²) in [6.45, 7) is 14.1. The van der Waals surface area contributed by atoms with Crippen LogP contribution in [0.1, 0.15) is 53.9 Å². The Morgan fingerprint density at radius 3 is 2.48 bits per heavy atom. The predicted molar refractivity (Wildman–Crippen MR) is 114 cm³/mol. The minimum absolute atomic E-state index is 0.0323. The number of carbonyl (C=O) groups excluding carboxylic acids is 2. The molecule has 0 aromatic heterocycles. The van der Waals surface area contributed by atoms with Crippen molar-refractivity contribution in [3.8, 4) is 0 Å². The van der Waals surface area contributed by atoms with Gasteiger partial charge >= 0.3 is 5.97 Å². The number of hydrogen-bond acceptors (Lipinski definition) is 5. The van der Waals surface area contributed by atoms with Crippen molar-refractivity contribution in [2.24, 2.45) is 17.3 Å². The van der Waals surface area contributed by atoms with Gasteiger partial charge in [0.25, 0.3) is 0 Å². The lowest BCUT2D eigenvalue weighted by Gasteiger charge is -2.45. The maximum Gasteiger partial charge on any atom is 0.310 e. The molecule has 8 nitrogen and oxygen atoms in total. The van der Waals surface area contributed by atoms with E-state index in [9.17, 15) is 24.6 Å². The average Bonchev–Trinajstić information content (AvgIpc) is 3.25. The molecule has 0 radical (unpaired) electrons. The molecular weight excluding hydrogens is 400 g/mol. The van der Waals surface area contributed by atoms with Crippen LogP contribution in [0.4, 0.5) is 0 Å². The molecule has 0 saturated carbocycles. The second kappa shape index (κ2) is 7.89. The second-order valence-electron chi connectivity index (χ2n) is 10.9. The Hall–Kier alpha value is -1.93. The standard InChI is InChI=1S/C23H36N2O6/c1-7-10-25(22(5,6)13-21(2,3)4)19(28)17-23-9-8-14(31-23)15(20(29)30)16(23)18(27)24(17)11-12-26/h7,14-17,26H,1,8-13H2,2-6H3,(H,29,30)/t14-,15+,16+,17?,23?/m1/s1. The van der Waals surface area contributed by atoms with E-state index in [0.717, 1.165) is 6.42 Å². The van der Waals surface area contributed by atoms with Gasteiger partial charge in [-0.1, -0.05) is 26.8 Å². The molecule has 2 bridgehead atoms. The van der Waals surface area contributed by atoms with Crippen LogP contribution in [0, 0.1) is 17.3 Å². The Balaban J connectivity index is 2.05. The maximum atomic E-state index is 14.1. The van der Waals surface area contributed by atoms with Gasteiger partial charge in [0.2, 0.25) is 11.8 Å². The lowest BCUT2D eigenvalue weighted by atomic mass is 9.70. The zero-order chi connectivity index (χ0) is 23.4. The van der Waals surface area contributed by atoms with Gasteiger partial charge in [0, 0.05) is 18.6 Å². The van der Waals surface area contributed by atoms with Crippen LogP contribution in [-0.4, -0.2) is 80.8 Å². The molecule has 174 valence electrons. The molecule has 0 aromatic rings. The molecule has 3 heterocycles. The number of likely N-dealkylation sites (tertiary alicyclic amines) is 1. The normalized spacial score (nSPS) is 32.3. The summed E-state index contributed by atoms with van der Waals surface area (Å²) >= 11 is 0. The molecule has 5 atom stereocenters. The molecule has 31 heavy (non-hydrogen) atoms. The van der Waals surface area contributed by atoms with Crippen molar-refractivity contribution in [3.63, 3.8) is 0 Å². The number of amides is 2. The number of β-amino-alcohol motifs (C(OH)–C–C–N with tert-alkyl or cyclic N) is 1. The van der Waals surface area contributed by atoms with E-state index in [1.54, 1.807) is 11.0 Å². The minimum atomic E-state index is -1.16. The highest BCUT2D eigenvalue weighted by molar-refractivity contribution is 5.98. The van der Waals surface area contributed by atoms with Gasteiger partial charge in [0.1, 0.15) is 11.6 Å². The Bertz CT molecular complexity index is 773. The van der Waals surface area contributed by atoms with Crippen LogP contribution in [0.25, 0.3) is 0 Å². The molecule has 2 amide bonds. The number of hydrogen-bond donors (Lipinski definition) is 2. The molecule has 0 aromatic carbocycles. The predicted octanol–water partition coefficient (Wildman–Crippen LogP) is 1.67. The van der Waals surface area contributed by atoms with Gasteiger partial charge in [-0.25, -0.2) is 0 Å². The van der Waals surface area contributed by atoms with Crippen LogP contribution in [-0.2, 0) is 19.1 Å². The van der Waals surface area contributed by atoms with Gasteiger partial charge in [-0.3, -0.25) is 14.4 Å². The van der Waals surface area contributed by atoms with Crippen molar-refractivity contribution in [2.45, 2.75) is 77.2 Å². The van der Waals surface area contributed by atoms with E-state index in [4.69, 9.17) is 4.74 Å². The van der Waals surface area contributed by atoms with E-state index in [2.05, 4.69) is 27.4 Å². The summed E-state index contributed by atoms with van der Waals surface area (Å²) in [5, 5.41) is 19.4. The largest absolute Gasteiger partial charge is 0.481 e. The van der Waals surface area contributed by atoms with Gasteiger partial charge in [-0.05, 0) is 38.5 Å². The number of carboxylic acid groups (broad SMARTS) is 1. The van der Waals surface area contributed by atoms with Crippen molar-refractivity contribution in [2.75, 3.05) is 19.7 Å².